The van der Waals surface area contributed by atoms with Crippen LogP contribution in [0, 0.1) is 0 Å². The van der Waals surface area contributed by atoms with Gasteiger partial charge < -0.3 is 21.2 Å². The van der Waals surface area contributed by atoms with Crippen molar-refractivity contribution in [1.29, 1.82) is 0 Å². The second-order valence-electron chi connectivity index (χ2n) is 4.71. The van der Waals surface area contributed by atoms with Gasteiger partial charge in [-0.2, -0.15) is 0 Å². The average Bonchev–Trinajstić information content (AvgIpc) is 3.23. The van der Waals surface area contributed by atoms with Crippen LogP contribution >= 0.6 is 11.6 Å². The van der Waals surface area contributed by atoms with Crippen molar-refractivity contribution in [3.8, 4) is 0 Å². The van der Waals surface area contributed by atoms with Crippen LogP contribution in [0.25, 0.3) is 0 Å². The molecule has 0 radical (unpaired) electrons. The van der Waals surface area contributed by atoms with E-state index in [0.717, 1.165) is 12.8 Å². The average molecular weight is 297 g/mol. The number of nitrogens with zero attached hydrogens (tertiary/aromatic N) is 2. The minimum Gasteiger partial charge on any atom is -0.409 e. The quantitative estimate of drug-likeness (QED) is 0.337. The molecule has 1 aromatic carbocycles. The van der Waals surface area contributed by atoms with E-state index in [1.165, 1.54) is 0 Å². The van der Waals surface area contributed by atoms with Gasteiger partial charge in [0.05, 0.1) is 0 Å². The molecule has 0 bridgehead atoms. The van der Waals surface area contributed by atoms with Crippen LogP contribution in [-0.2, 0) is 0 Å². The summed E-state index contributed by atoms with van der Waals surface area (Å²) in [6, 6.07) is 7.03. The van der Waals surface area contributed by atoms with E-state index in [1.807, 2.05) is 0 Å². The molecule has 1 saturated carbocycles. The molecule has 1 fully saturated rings. The molecule has 0 saturated heterocycles. The van der Waals surface area contributed by atoms with Gasteiger partial charge in [0.2, 0.25) is 0 Å². The van der Waals surface area contributed by atoms with Crippen molar-refractivity contribution >= 4 is 29.2 Å². The van der Waals surface area contributed by atoms with E-state index in [9.17, 15) is 4.79 Å². The summed E-state index contributed by atoms with van der Waals surface area (Å²) in [7, 11) is 0. The van der Waals surface area contributed by atoms with E-state index in [4.69, 9.17) is 22.5 Å². The molecule has 20 heavy (non-hydrogen) atoms. The standard InChI is InChI=1S/C13H17ClN4O2/c14-9-2-1-3-10(8-9)16-13(19)18(11-4-5-11)7-6-12(15)17-20/h1-3,8,11,20H,4-7H2,(H2,15,17)(H,16,19). The maximum absolute atomic E-state index is 12.2. The molecule has 1 aliphatic rings. The molecule has 0 atom stereocenters. The van der Waals surface area contributed by atoms with Crippen molar-refractivity contribution in [2.75, 3.05) is 11.9 Å². The second kappa shape index (κ2) is 6.47. The number of hydrogen-bond donors (Lipinski definition) is 3. The number of benzene rings is 1. The lowest BCUT2D eigenvalue weighted by molar-refractivity contribution is 0.210. The van der Waals surface area contributed by atoms with Crippen LogP contribution in [0.5, 0.6) is 0 Å². The highest BCUT2D eigenvalue weighted by Crippen LogP contribution is 2.27. The Morgan fingerprint density at radius 1 is 1.55 bits per heavy atom. The lowest BCUT2D eigenvalue weighted by Crippen LogP contribution is -2.38. The minimum atomic E-state index is -0.194. The molecule has 7 heteroatoms. The van der Waals surface area contributed by atoms with Gasteiger partial charge >= 0.3 is 6.03 Å². The van der Waals surface area contributed by atoms with Crippen molar-refractivity contribution in [1.82, 2.24) is 4.90 Å². The molecule has 2 amide bonds. The molecule has 1 aliphatic carbocycles. The first kappa shape index (κ1) is 14.5. The summed E-state index contributed by atoms with van der Waals surface area (Å²) < 4.78 is 0. The van der Waals surface area contributed by atoms with Crippen molar-refractivity contribution in [2.45, 2.75) is 25.3 Å². The third-order valence-electron chi connectivity index (χ3n) is 3.06. The summed E-state index contributed by atoms with van der Waals surface area (Å²) in [5.74, 6) is 0.117. The lowest BCUT2D eigenvalue weighted by Gasteiger charge is -2.22. The molecule has 0 aliphatic heterocycles. The van der Waals surface area contributed by atoms with Crippen LogP contribution in [0.3, 0.4) is 0 Å². The highest BCUT2D eigenvalue weighted by molar-refractivity contribution is 6.30. The van der Waals surface area contributed by atoms with E-state index < -0.39 is 0 Å². The molecule has 0 aromatic heterocycles. The number of nitrogens with one attached hydrogen (secondary N) is 1. The zero-order valence-corrected chi connectivity index (χ0v) is 11.7. The normalized spacial score (nSPS) is 14.9. The Bertz CT molecular complexity index is 517. The Morgan fingerprint density at radius 3 is 2.90 bits per heavy atom. The second-order valence-corrected chi connectivity index (χ2v) is 5.14. The van der Waals surface area contributed by atoms with Crippen molar-refractivity contribution in [3.05, 3.63) is 29.3 Å². The van der Waals surface area contributed by atoms with Gasteiger partial charge in [-0.1, -0.05) is 22.8 Å². The number of nitrogens with two attached hydrogens (primary N) is 1. The fourth-order valence-corrected chi connectivity index (χ4v) is 2.07. The largest absolute Gasteiger partial charge is 0.409 e. The van der Waals surface area contributed by atoms with Gasteiger partial charge in [-0.05, 0) is 31.0 Å². The highest BCUT2D eigenvalue weighted by Gasteiger charge is 2.32. The van der Waals surface area contributed by atoms with Gasteiger partial charge in [-0.3, -0.25) is 0 Å². The summed E-state index contributed by atoms with van der Waals surface area (Å²) in [5.41, 5.74) is 6.09. The SMILES string of the molecule is NC(CCN(C(=O)Nc1cccc(Cl)c1)C1CC1)=NO. The topological polar surface area (TPSA) is 91.0 Å². The van der Waals surface area contributed by atoms with Crippen LogP contribution in [0.15, 0.2) is 29.4 Å². The summed E-state index contributed by atoms with van der Waals surface area (Å²) in [6.07, 6.45) is 2.31. The first-order chi connectivity index (χ1) is 9.60. The summed E-state index contributed by atoms with van der Waals surface area (Å²) in [5, 5.41) is 14.8. The van der Waals surface area contributed by atoms with E-state index in [2.05, 4.69) is 10.5 Å². The van der Waals surface area contributed by atoms with Crippen LogP contribution in [0.4, 0.5) is 10.5 Å². The maximum atomic E-state index is 12.2. The van der Waals surface area contributed by atoms with Crippen molar-refractivity contribution in [2.24, 2.45) is 10.9 Å². The van der Waals surface area contributed by atoms with Crippen LogP contribution in [0.2, 0.25) is 5.02 Å². The lowest BCUT2D eigenvalue weighted by atomic mass is 10.3. The Balaban J connectivity index is 1.96. The summed E-state index contributed by atoms with van der Waals surface area (Å²) in [4.78, 5) is 13.9. The van der Waals surface area contributed by atoms with E-state index in [-0.39, 0.29) is 17.9 Å². The molecular weight excluding hydrogens is 280 g/mol. The first-order valence-electron chi connectivity index (χ1n) is 6.39. The third kappa shape index (κ3) is 4.03. The number of amides is 2. The molecule has 108 valence electrons. The predicted octanol–water partition coefficient (Wildman–Crippen LogP) is 2.47. The molecular formula is C13H17ClN4O2. The van der Waals surface area contributed by atoms with E-state index >= 15 is 0 Å². The zero-order chi connectivity index (χ0) is 14.5. The van der Waals surface area contributed by atoms with Gasteiger partial charge in [0.1, 0.15) is 5.84 Å². The summed E-state index contributed by atoms with van der Waals surface area (Å²) in [6.45, 7) is 0.424. The molecule has 6 nitrogen and oxygen atoms in total. The maximum Gasteiger partial charge on any atom is 0.322 e. The van der Waals surface area contributed by atoms with Crippen LogP contribution < -0.4 is 11.1 Å². The number of halogens is 1. The number of urea groups is 1. The number of carbonyl (C=O) groups excluding carboxylic acids is 1. The monoisotopic (exact) mass is 296 g/mol. The fraction of sp³-hybridized carbons (Fsp3) is 0.385. The van der Waals surface area contributed by atoms with Gasteiger partial charge in [-0.15, -0.1) is 0 Å². The number of amidine groups is 1. The minimum absolute atomic E-state index is 0.117. The number of rotatable bonds is 5. The number of anilines is 1. The van der Waals surface area contributed by atoms with Crippen LogP contribution in [0.1, 0.15) is 19.3 Å². The smallest absolute Gasteiger partial charge is 0.322 e. The van der Waals surface area contributed by atoms with Gasteiger partial charge in [0, 0.05) is 29.7 Å². The fourth-order valence-electron chi connectivity index (χ4n) is 1.88. The van der Waals surface area contributed by atoms with Crippen LogP contribution in [-0.4, -0.2) is 34.6 Å². The zero-order valence-electron chi connectivity index (χ0n) is 10.9. The molecule has 1 aromatic rings. The Morgan fingerprint density at radius 2 is 2.30 bits per heavy atom. The van der Waals surface area contributed by atoms with E-state index in [1.54, 1.807) is 29.2 Å². The third-order valence-corrected chi connectivity index (χ3v) is 3.30. The number of oxime groups is 1. The Hall–Kier alpha value is -1.95. The van der Waals surface area contributed by atoms with Gasteiger partial charge in [0.25, 0.3) is 0 Å². The van der Waals surface area contributed by atoms with Crippen molar-refractivity contribution < 1.29 is 10.0 Å². The predicted molar refractivity (Wildman–Crippen MR) is 78.2 cm³/mol. The first-order valence-corrected chi connectivity index (χ1v) is 6.77. The number of carbonyl (C=O) groups is 1. The van der Waals surface area contributed by atoms with Gasteiger partial charge in [0.15, 0.2) is 0 Å². The molecule has 0 spiro atoms. The molecule has 0 heterocycles. The Labute approximate surface area is 122 Å². The highest BCUT2D eigenvalue weighted by atomic mass is 35.5. The molecule has 4 N–H and O–H groups in total. The van der Waals surface area contributed by atoms with E-state index in [0.29, 0.717) is 23.7 Å². The Kier molecular flexibility index (Phi) is 4.68. The summed E-state index contributed by atoms with van der Waals surface area (Å²) >= 11 is 5.88. The van der Waals surface area contributed by atoms with Crippen molar-refractivity contribution in [3.63, 3.8) is 0 Å². The van der Waals surface area contributed by atoms with Gasteiger partial charge in [-0.25, -0.2) is 4.79 Å². The molecule has 0 unspecified atom stereocenters. The molecule has 2 rings (SSSR count). The number of hydrogen-bond acceptors (Lipinski definition) is 3.